The molecule has 5 heteroatoms. The Morgan fingerprint density at radius 3 is 3.07 bits per heavy atom. The highest BCUT2D eigenvalue weighted by atomic mass is 32.1. The molecule has 0 radical (unpaired) electrons. The van der Waals surface area contributed by atoms with Gasteiger partial charge in [-0.25, -0.2) is 4.98 Å². The fourth-order valence-corrected chi connectivity index (χ4v) is 1.89. The summed E-state index contributed by atoms with van der Waals surface area (Å²) in [6.07, 6.45) is -0.0671. The number of hydrogen-bond acceptors (Lipinski definition) is 4. The highest BCUT2D eigenvalue weighted by Gasteiger charge is 2.11. The van der Waals surface area contributed by atoms with Gasteiger partial charge < -0.3 is 9.84 Å². The SMILES string of the molecule is CCOC(C)c1nc(CC(=O)O)cs1. The molecule has 0 spiro atoms. The fraction of sp³-hybridized carbons (Fsp3) is 0.556. The maximum Gasteiger partial charge on any atom is 0.309 e. The molecule has 1 unspecified atom stereocenters. The van der Waals surface area contributed by atoms with E-state index < -0.39 is 5.97 Å². The second kappa shape index (κ2) is 5.07. The molecule has 0 aliphatic rings. The van der Waals surface area contributed by atoms with Gasteiger partial charge in [-0.3, -0.25) is 4.79 Å². The second-order valence-corrected chi connectivity index (χ2v) is 3.73. The Balaban J connectivity index is 2.62. The van der Waals surface area contributed by atoms with Crippen LogP contribution in [0.15, 0.2) is 5.38 Å². The normalized spacial score (nSPS) is 12.7. The van der Waals surface area contributed by atoms with Crippen LogP contribution in [0.2, 0.25) is 0 Å². The third-order valence-corrected chi connectivity index (χ3v) is 2.72. The number of aliphatic carboxylic acids is 1. The molecule has 1 heterocycles. The summed E-state index contributed by atoms with van der Waals surface area (Å²) in [6.45, 7) is 4.46. The molecule has 0 saturated heterocycles. The topological polar surface area (TPSA) is 59.4 Å². The van der Waals surface area contributed by atoms with Gasteiger partial charge in [0, 0.05) is 12.0 Å². The number of rotatable bonds is 5. The van der Waals surface area contributed by atoms with Crippen LogP contribution in [-0.2, 0) is 16.0 Å². The van der Waals surface area contributed by atoms with E-state index in [1.807, 2.05) is 13.8 Å². The van der Waals surface area contributed by atoms with Crippen LogP contribution >= 0.6 is 11.3 Å². The number of aromatic nitrogens is 1. The third-order valence-electron chi connectivity index (χ3n) is 1.67. The van der Waals surface area contributed by atoms with Crippen LogP contribution in [0.1, 0.15) is 30.7 Å². The first-order chi connectivity index (χ1) is 6.63. The fourth-order valence-electron chi connectivity index (χ4n) is 1.07. The monoisotopic (exact) mass is 215 g/mol. The van der Waals surface area contributed by atoms with E-state index in [-0.39, 0.29) is 12.5 Å². The first-order valence-electron chi connectivity index (χ1n) is 4.41. The van der Waals surface area contributed by atoms with E-state index in [0.717, 1.165) is 5.01 Å². The average molecular weight is 215 g/mol. The minimum atomic E-state index is -0.856. The molecule has 0 amide bonds. The Morgan fingerprint density at radius 2 is 2.50 bits per heavy atom. The third kappa shape index (κ3) is 3.08. The van der Waals surface area contributed by atoms with Crippen molar-refractivity contribution in [1.29, 1.82) is 0 Å². The molecule has 1 N–H and O–H groups in total. The molecule has 0 aliphatic heterocycles. The summed E-state index contributed by atoms with van der Waals surface area (Å²) in [5.74, 6) is -0.856. The first kappa shape index (κ1) is 11.1. The van der Waals surface area contributed by atoms with Gasteiger partial charge in [-0.05, 0) is 13.8 Å². The quantitative estimate of drug-likeness (QED) is 0.814. The van der Waals surface area contributed by atoms with Crippen molar-refractivity contribution in [3.63, 3.8) is 0 Å². The van der Waals surface area contributed by atoms with Gasteiger partial charge in [0.25, 0.3) is 0 Å². The zero-order valence-electron chi connectivity index (χ0n) is 8.19. The Bertz CT molecular complexity index is 311. The average Bonchev–Trinajstić information content (AvgIpc) is 2.52. The van der Waals surface area contributed by atoms with Gasteiger partial charge in [0.15, 0.2) is 0 Å². The molecule has 0 aliphatic carbocycles. The van der Waals surface area contributed by atoms with Gasteiger partial charge in [0.2, 0.25) is 0 Å². The maximum atomic E-state index is 10.4. The van der Waals surface area contributed by atoms with Crippen LogP contribution in [0.5, 0.6) is 0 Å². The molecule has 0 saturated carbocycles. The molecule has 1 aromatic heterocycles. The lowest BCUT2D eigenvalue weighted by Gasteiger charge is -2.06. The van der Waals surface area contributed by atoms with Gasteiger partial charge in [-0.2, -0.15) is 0 Å². The predicted molar refractivity (Wildman–Crippen MR) is 53.5 cm³/mol. The highest BCUT2D eigenvalue weighted by molar-refractivity contribution is 7.09. The first-order valence-corrected chi connectivity index (χ1v) is 5.29. The van der Waals surface area contributed by atoms with Gasteiger partial charge in [0.05, 0.1) is 12.1 Å². The van der Waals surface area contributed by atoms with E-state index in [1.165, 1.54) is 11.3 Å². The molecule has 1 rings (SSSR count). The summed E-state index contributed by atoms with van der Waals surface area (Å²) in [7, 11) is 0. The standard InChI is InChI=1S/C9H13NO3S/c1-3-13-6(2)9-10-7(5-14-9)4-8(11)12/h5-6H,3-4H2,1-2H3,(H,11,12). The number of carboxylic acid groups (broad SMARTS) is 1. The molecule has 0 aromatic carbocycles. The summed E-state index contributed by atoms with van der Waals surface area (Å²) >= 11 is 1.44. The van der Waals surface area contributed by atoms with E-state index in [2.05, 4.69) is 4.98 Å². The van der Waals surface area contributed by atoms with Crippen LogP contribution in [0, 0.1) is 0 Å². The molecular formula is C9H13NO3S. The van der Waals surface area contributed by atoms with Crippen molar-refractivity contribution >= 4 is 17.3 Å². The summed E-state index contributed by atoms with van der Waals surface area (Å²) in [6, 6.07) is 0. The largest absolute Gasteiger partial charge is 0.481 e. The molecule has 1 atom stereocenters. The summed E-state index contributed by atoms with van der Waals surface area (Å²) in [5, 5.41) is 11.2. The van der Waals surface area contributed by atoms with Crippen LogP contribution in [0.25, 0.3) is 0 Å². The van der Waals surface area contributed by atoms with E-state index in [1.54, 1.807) is 5.38 Å². The van der Waals surface area contributed by atoms with Crippen molar-refractivity contribution < 1.29 is 14.6 Å². The minimum Gasteiger partial charge on any atom is -0.481 e. The summed E-state index contributed by atoms with van der Waals surface area (Å²) in [4.78, 5) is 14.6. The van der Waals surface area contributed by atoms with Gasteiger partial charge >= 0.3 is 5.97 Å². The van der Waals surface area contributed by atoms with E-state index in [4.69, 9.17) is 9.84 Å². The van der Waals surface area contributed by atoms with Crippen molar-refractivity contribution in [1.82, 2.24) is 4.98 Å². The lowest BCUT2D eigenvalue weighted by Crippen LogP contribution is -2.02. The Labute approximate surface area is 86.6 Å². The molecule has 0 fully saturated rings. The number of thiazole rings is 1. The van der Waals surface area contributed by atoms with Crippen molar-refractivity contribution in [3.05, 3.63) is 16.1 Å². The van der Waals surface area contributed by atoms with Crippen molar-refractivity contribution in [3.8, 4) is 0 Å². The minimum absolute atomic E-state index is 0.0185. The Hall–Kier alpha value is -0.940. The lowest BCUT2D eigenvalue weighted by molar-refractivity contribution is -0.136. The number of hydrogen-bond donors (Lipinski definition) is 1. The summed E-state index contributed by atoms with van der Waals surface area (Å²) in [5.41, 5.74) is 0.601. The maximum absolute atomic E-state index is 10.4. The van der Waals surface area contributed by atoms with Gasteiger partial charge in [-0.1, -0.05) is 0 Å². The van der Waals surface area contributed by atoms with Gasteiger partial charge in [0.1, 0.15) is 11.1 Å². The zero-order valence-corrected chi connectivity index (χ0v) is 9.00. The molecule has 14 heavy (non-hydrogen) atoms. The molecule has 78 valence electrons. The predicted octanol–water partition coefficient (Wildman–Crippen LogP) is 1.87. The highest BCUT2D eigenvalue weighted by Crippen LogP contribution is 2.21. The van der Waals surface area contributed by atoms with Crippen LogP contribution < -0.4 is 0 Å². The Morgan fingerprint density at radius 1 is 1.79 bits per heavy atom. The van der Waals surface area contributed by atoms with E-state index >= 15 is 0 Å². The van der Waals surface area contributed by atoms with Crippen molar-refractivity contribution in [2.75, 3.05) is 6.61 Å². The number of carbonyl (C=O) groups is 1. The van der Waals surface area contributed by atoms with Crippen LogP contribution in [-0.4, -0.2) is 22.7 Å². The second-order valence-electron chi connectivity index (χ2n) is 2.85. The zero-order chi connectivity index (χ0) is 10.6. The van der Waals surface area contributed by atoms with E-state index in [9.17, 15) is 4.79 Å². The molecule has 1 aromatic rings. The van der Waals surface area contributed by atoms with Crippen molar-refractivity contribution in [2.24, 2.45) is 0 Å². The van der Waals surface area contributed by atoms with Crippen LogP contribution in [0.3, 0.4) is 0 Å². The smallest absolute Gasteiger partial charge is 0.309 e. The van der Waals surface area contributed by atoms with Crippen molar-refractivity contribution in [2.45, 2.75) is 26.4 Å². The summed E-state index contributed by atoms with van der Waals surface area (Å²) < 4.78 is 5.35. The molecule has 0 bridgehead atoms. The van der Waals surface area contributed by atoms with Crippen LogP contribution in [0.4, 0.5) is 0 Å². The van der Waals surface area contributed by atoms with Gasteiger partial charge in [-0.15, -0.1) is 11.3 Å². The van der Waals surface area contributed by atoms with E-state index in [0.29, 0.717) is 12.3 Å². The lowest BCUT2D eigenvalue weighted by atomic mass is 10.3. The molecular weight excluding hydrogens is 202 g/mol. The number of nitrogens with zero attached hydrogens (tertiary/aromatic N) is 1. The number of ether oxygens (including phenoxy) is 1. The number of carboxylic acids is 1. The molecule has 4 nitrogen and oxygen atoms in total. The Kier molecular flexibility index (Phi) is 4.03.